The van der Waals surface area contributed by atoms with Gasteiger partial charge in [0.1, 0.15) is 18.0 Å². The van der Waals surface area contributed by atoms with E-state index in [0.29, 0.717) is 11.8 Å². The zero-order chi connectivity index (χ0) is 19.5. The fourth-order valence-corrected chi connectivity index (χ4v) is 3.99. The molecule has 1 aliphatic rings. The van der Waals surface area contributed by atoms with Gasteiger partial charge >= 0.3 is 0 Å². The average Bonchev–Trinajstić information content (AvgIpc) is 3.23. The summed E-state index contributed by atoms with van der Waals surface area (Å²) in [7, 11) is 0. The molecule has 1 aromatic carbocycles. The van der Waals surface area contributed by atoms with Crippen LogP contribution in [0.2, 0.25) is 0 Å². The van der Waals surface area contributed by atoms with Crippen LogP contribution >= 0.6 is 0 Å². The van der Waals surface area contributed by atoms with Gasteiger partial charge in [0.05, 0.1) is 16.7 Å². The van der Waals surface area contributed by atoms with Crippen LogP contribution in [-0.4, -0.2) is 40.2 Å². The van der Waals surface area contributed by atoms with Gasteiger partial charge in [-0.3, -0.25) is 5.41 Å². The van der Waals surface area contributed by atoms with Gasteiger partial charge in [-0.1, -0.05) is 13.0 Å². The first-order valence-electron chi connectivity index (χ1n) is 9.94. The number of hydrogen-bond acceptors (Lipinski definition) is 3. The normalized spacial score (nSPS) is 18.3. The maximum absolute atomic E-state index is 7.29. The van der Waals surface area contributed by atoms with Gasteiger partial charge < -0.3 is 21.0 Å². The number of aromatic amines is 2. The van der Waals surface area contributed by atoms with Crippen molar-refractivity contribution < 1.29 is 0 Å². The van der Waals surface area contributed by atoms with E-state index in [1.54, 1.807) is 0 Å². The molecular weight excluding hydrogens is 350 g/mol. The smallest absolute Gasteiger partial charge is 0.149 e. The van der Waals surface area contributed by atoms with Crippen molar-refractivity contribution >= 4 is 23.2 Å². The highest BCUT2D eigenvalue weighted by atomic mass is 14.9. The Labute approximate surface area is 164 Å². The van der Waals surface area contributed by atoms with Crippen LogP contribution in [0.1, 0.15) is 49.3 Å². The molecule has 6 N–H and O–H groups in total. The minimum atomic E-state index is 0.335. The summed E-state index contributed by atoms with van der Waals surface area (Å²) in [5.74, 6) is 1.79. The molecule has 7 heteroatoms. The minimum absolute atomic E-state index is 0.335. The van der Waals surface area contributed by atoms with Gasteiger partial charge in [0.2, 0.25) is 0 Å². The van der Waals surface area contributed by atoms with E-state index in [2.05, 4.69) is 50.4 Å². The molecule has 0 aliphatic carbocycles. The summed E-state index contributed by atoms with van der Waals surface area (Å²) >= 11 is 0. The summed E-state index contributed by atoms with van der Waals surface area (Å²) in [4.78, 5) is 15.5. The van der Waals surface area contributed by atoms with Crippen LogP contribution in [0.25, 0.3) is 22.2 Å². The molecular formula is C21H27N7. The van der Waals surface area contributed by atoms with E-state index in [0.717, 1.165) is 72.4 Å². The molecule has 0 spiro atoms. The summed E-state index contributed by atoms with van der Waals surface area (Å²) in [6.07, 6.45) is 5.27. The fraction of sp³-hybridized carbons (Fsp3) is 0.381. The zero-order valence-electron chi connectivity index (χ0n) is 16.2. The van der Waals surface area contributed by atoms with E-state index in [-0.39, 0.29) is 0 Å². The predicted molar refractivity (Wildman–Crippen MR) is 114 cm³/mol. The fourth-order valence-electron chi connectivity index (χ4n) is 3.99. The largest absolute Gasteiger partial charge is 0.382 e. The van der Waals surface area contributed by atoms with Gasteiger partial charge in [0.25, 0.3) is 0 Å². The van der Waals surface area contributed by atoms with E-state index >= 15 is 0 Å². The molecule has 0 bridgehead atoms. The van der Waals surface area contributed by atoms with Crippen molar-refractivity contribution in [2.75, 3.05) is 13.1 Å². The Morgan fingerprint density at radius 2 is 2.18 bits per heavy atom. The Hall–Kier alpha value is -2.93. The third kappa shape index (κ3) is 3.57. The van der Waals surface area contributed by atoms with Gasteiger partial charge in [-0.15, -0.1) is 0 Å². The number of imidazole rings is 1. The second kappa shape index (κ2) is 7.98. The number of nitrogens with one attached hydrogen (secondary N) is 4. The summed E-state index contributed by atoms with van der Waals surface area (Å²) < 4.78 is 0. The molecule has 1 atom stereocenters. The maximum atomic E-state index is 7.29. The quantitative estimate of drug-likeness (QED) is 0.347. The lowest BCUT2D eigenvalue weighted by Crippen LogP contribution is -2.15. The van der Waals surface area contributed by atoms with Gasteiger partial charge in [-0.05, 0) is 56.1 Å². The highest BCUT2D eigenvalue weighted by Crippen LogP contribution is 2.33. The second-order valence-electron chi connectivity index (χ2n) is 7.30. The number of aliphatic imine (C=N–C) groups is 1. The van der Waals surface area contributed by atoms with Crippen molar-refractivity contribution in [1.29, 1.82) is 5.41 Å². The van der Waals surface area contributed by atoms with Crippen molar-refractivity contribution in [3.8, 4) is 11.1 Å². The molecule has 1 saturated heterocycles. The Balaban J connectivity index is 1.79. The Kier molecular flexibility index (Phi) is 5.25. The summed E-state index contributed by atoms with van der Waals surface area (Å²) in [5, 5.41) is 10.8. The SMILES string of the molecule is CCc1nc2ccc(-c3cc(C4CCCNCC4)[nH]c3C(N)=NC=N)cc2[nH]1. The lowest BCUT2D eigenvalue weighted by atomic mass is 9.96. The number of hydrogen-bond donors (Lipinski definition) is 5. The summed E-state index contributed by atoms with van der Waals surface area (Å²) in [5.41, 5.74) is 12.2. The van der Waals surface area contributed by atoms with Crippen LogP contribution in [0.3, 0.4) is 0 Å². The molecule has 3 aromatic rings. The Morgan fingerprint density at radius 3 is 3.00 bits per heavy atom. The molecule has 7 nitrogen and oxygen atoms in total. The van der Waals surface area contributed by atoms with Crippen LogP contribution in [0.4, 0.5) is 0 Å². The standard InChI is InChI=1S/C21H27N7/c1-2-19-26-16-6-5-14(10-18(16)27-19)15-11-17(13-4-3-8-24-9-7-13)28-20(15)21(23)25-12-22/h5-6,10-13,24,28H,2-4,7-9H2,1H3,(H,26,27)(H3,22,23,25). The molecule has 1 unspecified atom stereocenters. The van der Waals surface area contributed by atoms with E-state index in [1.165, 1.54) is 12.1 Å². The molecule has 1 aliphatic heterocycles. The lowest BCUT2D eigenvalue weighted by molar-refractivity contribution is 0.596. The van der Waals surface area contributed by atoms with E-state index in [1.807, 2.05) is 6.07 Å². The molecule has 0 radical (unpaired) electrons. The molecule has 0 saturated carbocycles. The highest BCUT2D eigenvalue weighted by molar-refractivity contribution is 6.05. The first-order chi connectivity index (χ1) is 13.7. The molecule has 28 heavy (non-hydrogen) atoms. The zero-order valence-corrected chi connectivity index (χ0v) is 16.2. The average molecular weight is 377 g/mol. The third-order valence-electron chi connectivity index (χ3n) is 5.49. The van der Waals surface area contributed by atoms with Gasteiger partial charge in [0.15, 0.2) is 0 Å². The monoisotopic (exact) mass is 377 g/mol. The van der Waals surface area contributed by atoms with Gasteiger partial charge in [-0.25, -0.2) is 9.98 Å². The highest BCUT2D eigenvalue weighted by Gasteiger charge is 2.21. The van der Waals surface area contributed by atoms with Crippen molar-refractivity contribution in [3.05, 3.63) is 41.5 Å². The second-order valence-corrected chi connectivity index (χ2v) is 7.30. The molecule has 4 rings (SSSR count). The first-order valence-corrected chi connectivity index (χ1v) is 9.94. The minimum Gasteiger partial charge on any atom is -0.382 e. The number of aromatic nitrogens is 3. The van der Waals surface area contributed by atoms with Crippen molar-refractivity contribution in [2.24, 2.45) is 10.7 Å². The molecule has 2 aromatic heterocycles. The van der Waals surface area contributed by atoms with E-state index in [9.17, 15) is 0 Å². The summed E-state index contributed by atoms with van der Waals surface area (Å²) in [6.45, 7) is 4.19. The number of H-pyrrole nitrogens is 2. The number of nitrogens with two attached hydrogens (primary N) is 1. The van der Waals surface area contributed by atoms with Crippen LogP contribution in [-0.2, 0) is 6.42 Å². The third-order valence-corrected chi connectivity index (χ3v) is 5.49. The topological polar surface area (TPSA) is 119 Å². The number of aryl methyl sites for hydroxylation is 1. The van der Waals surface area contributed by atoms with Crippen molar-refractivity contribution in [3.63, 3.8) is 0 Å². The lowest BCUT2D eigenvalue weighted by Gasteiger charge is -2.11. The number of rotatable bonds is 5. The van der Waals surface area contributed by atoms with Crippen molar-refractivity contribution in [2.45, 2.75) is 38.5 Å². The van der Waals surface area contributed by atoms with E-state index in [4.69, 9.17) is 11.1 Å². The molecule has 3 heterocycles. The van der Waals surface area contributed by atoms with Crippen molar-refractivity contribution in [1.82, 2.24) is 20.3 Å². The number of amidine groups is 1. The van der Waals surface area contributed by atoms with Crippen LogP contribution in [0.15, 0.2) is 29.3 Å². The van der Waals surface area contributed by atoms with Crippen LogP contribution in [0, 0.1) is 5.41 Å². The van der Waals surface area contributed by atoms with Gasteiger partial charge in [-0.2, -0.15) is 0 Å². The Morgan fingerprint density at radius 1 is 1.29 bits per heavy atom. The van der Waals surface area contributed by atoms with Gasteiger partial charge in [0, 0.05) is 23.6 Å². The number of benzene rings is 1. The first kappa shape index (κ1) is 18.4. The van der Waals surface area contributed by atoms with Crippen LogP contribution in [0.5, 0.6) is 0 Å². The maximum Gasteiger partial charge on any atom is 0.149 e. The Bertz CT molecular complexity index is 1000. The van der Waals surface area contributed by atoms with E-state index < -0.39 is 0 Å². The summed E-state index contributed by atoms with van der Waals surface area (Å²) in [6, 6.07) is 8.43. The van der Waals surface area contributed by atoms with Crippen LogP contribution < -0.4 is 11.1 Å². The molecule has 1 fully saturated rings. The predicted octanol–water partition coefficient (Wildman–Crippen LogP) is 3.29. The molecule has 146 valence electrons. The number of nitrogens with zero attached hydrogens (tertiary/aromatic N) is 2. The number of fused-ring (bicyclic) bond motifs is 1. The molecule has 0 amide bonds.